The highest BCUT2D eigenvalue weighted by molar-refractivity contribution is 5.87. The van der Waals surface area contributed by atoms with E-state index in [4.69, 9.17) is 0 Å². The van der Waals surface area contributed by atoms with Crippen molar-refractivity contribution in [1.29, 1.82) is 0 Å². The molecule has 22 unspecified atom stereocenters. The Morgan fingerprint density at radius 1 is 0.200 bits per heavy atom. The van der Waals surface area contributed by atoms with Crippen LogP contribution in [0.2, 0.25) is 0 Å². The van der Waals surface area contributed by atoms with E-state index in [1.54, 1.807) is 5.56 Å². The lowest BCUT2D eigenvalue weighted by Crippen LogP contribution is -2.19. The number of hydrogen-bond acceptors (Lipinski definition) is 0. The molecule has 28 rings (SSSR count). The molecule has 0 N–H and O–H groups in total. The summed E-state index contributed by atoms with van der Waals surface area (Å²) in [4.78, 5) is 0. The first-order valence-corrected chi connectivity index (χ1v) is 52.6. The largest absolute Gasteiger partial charge is 0.0851 e. The molecule has 14 aliphatic rings. The van der Waals surface area contributed by atoms with Crippen molar-refractivity contribution in [3.8, 4) is 33.4 Å². The summed E-state index contributed by atoms with van der Waals surface area (Å²) in [5, 5.41) is 11.1. The molecule has 0 heteroatoms. The lowest BCUT2D eigenvalue weighted by Gasteiger charge is -2.25. The third-order valence-electron chi connectivity index (χ3n) is 35.0. The predicted octanol–water partition coefficient (Wildman–Crippen LogP) is 34.6. The Kier molecular flexibility index (Phi) is 26.7. The molecule has 678 valence electrons. The van der Waals surface area contributed by atoms with Crippen molar-refractivity contribution in [3.63, 3.8) is 0 Å². The van der Waals surface area contributed by atoms with Gasteiger partial charge < -0.3 is 0 Å². The van der Waals surface area contributed by atoms with Gasteiger partial charge in [-0.05, 0) is 393 Å². The van der Waals surface area contributed by atoms with E-state index in [9.17, 15) is 0 Å². The molecular weight excluding hydrogens is 1620 g/mol. The Morgan fingerprint density at radius 2 is 0.541 bits per heavy atom. The number of fused-ring (bicyclic) bond motifs is 18. The average molecular weight is 1760 g/mol. The van der Waals surface area contributed by atoms with Gasteiger partial charge in [0.05, 0.1) is 0 Å². The van der Waals surface area contributed by atoms with Crippen molar-refractivity contribution in [2.45, 2.75) is 149 Å². The van der Waals surface area contributed by atoms with E-state index in [0.29, 0.717) is 0 Å². The van der Waals surface area contributed by atoms with E-state index in [1.807, 2.05) is 0 Å². The van der Waals surface area contributed by atoms with Crippen molar-refractivity contribution >= 4 is 43.1 Å². The van der Waals surface area contributed by atoms with Crippen molar-refractivity contribution in [3.05, 3.63) is 457 Å². The minimum absolute atomic E-state index is 0.839. The van der Waals surface area contributed by atoms with E-state index in [0.717, 1.165) is 130 Å². The van der Waals surface area contributed by atoms with Gasteiger partial charge in [0.25, 0.3) is 0 Å². The van der Waals surface area contributed by atoms with Gasteiger partial charge in [-0.15, -0.1) is 0 Å². The maximum Gasteiger partial charge on any atom is -0.0152 e. The Hall–Kier alpha value is -11.7. The molecule has 14 aromatic carbocycles. The van der Waals surface area contributed by atoms with Crippen molar-refractivity contribution in [2.24, 2.45) is 130 Å². The van der Waals surface area contributed by atoms with Gasteiger partial charge in [-0.25, -0.2) is 0 Å². The Morgan fingerprint density at radius 3 is 1.01 bits per heavy atom. The smallest absolute Gasteiger partial charge is 0.0152 e. The second kappa shape index (κ2) is 40.7. The minimum atomic E-state index is 0.839. The molecule has 0 saturated heterocycles. The molecule has 7 fully saturated rings. The van der Waals surface area contributed by atoms with E-state index in [2.05, 4.69) is 427 Å². The summed E-state index contributed by atoms with van der Waals surface area (Å²) in [7, 11) is 0. The van der Waals surface area contributed by atoms with Crippen LogP contribution in [0.4, 0.5) is 0 Å². The van der Waals surface area contributed by atoms with E-state index < -0.39 is 0 Å². The molecule has 0 nitrogen and oxygen atoms in total. The van der Waals surface area contributed by atoms with Gasteiger partial charge in [0.2, 0.25) is 0 Å². The highest BCUT2D eigenvalue weighted by atomic mass is 14.5. The highest BCUT2D eigenvalue weighted by Gasteiger charge is 2.43. The quantitative estimate of drug-likeness (QED) is 0.0797. The fraction of sp³-hybridized carbons (Fsp3) is 0.333. The SMILES string of the molecule is C1=CC2CC1CC2Cc1ccc(-c2ccccc2)cc1.C1=CC2CC1CC2Cc1ccc2ccccc2c1.C1=CC2CC1CC2Cc1cccc(-c2ccccc2)c1.C1=CC2CC1CC2Cc1cccc2ccccc12.CC1C2C=CC(C2)C1Cc1ccc2ccccc2c1.Cc1ccc2ccc(CC3CC4C=CC3C4)cc2c1.Cc1ccccc1-c1cccc(CC2CC3C=CC2C3)c1. The van der Waals surface area contributed by atoms with Crippen LogP contribution in [-0.2, 0) is 44.9 Å². The van der Waals surface area contributed by atoms with E-state index >= 15 is 0 Å². The molecule has 14 aromatic rings. The molecule has 0 spiro atoms. The van der Waals surface area contributed by atoms with Crippen LogP contribution in [0, 0.1) is 144 Å². The van der Waals surface area contributed by atoms with E-state index in [-0.39, 0.29) is 0 Å². The maximum absolute atomic E-state index is 2.47. The van der Waals surface area contributed by atoms with Crippen LogP contribution in [0.25, 0.3) is 76.5 Å². The number of aryl methyl sites for hydroxylation is 2. The van der Waals surface area contributed by atoms with Gasteiger partial charge in [0.15, 0.2) is 0 Å². The summed E-state index contributed by atoms with van der Waals surface area (Å²) in [5.74, 6) is 19.1. The summed E-state index contributed by atoms with van der Waals surface area (Å²) >= 11 is 0. The molecule has 14 bridgehead atoms. The summed E-state index contributed by atoms with van der Waals surface area (Å²) in [6.07, 6.45) is 61.3. The number of allylic oxidation sites excluding steroid dienone is 14. The van der Waals surface area contributed by atoms with Gasteiger partial charge in [0.1, 0.15) is 0 Å². The van der Waals surface area contributed by atoms with Crippen LogP contribution in [0.1, 0.15) is 140 Å². The zero-order chi connectivity index (χ0) is 90.5. The van der Waals surface area contributed by atoms with Gasteiger partial charge >= 0.3 is 0 Å². The zero-order valence-corrected chi connectivity index (χ0v) is 80.0. The molecule has 14 aliphatic carbocycles. The lowest BCUT2D eigenvalue weighted by molar-refractivity contribution is 0.333. The topological polar surface area (TPSA) is 0 Å². The van der Waals surface area contributed by atoms with Crippen molar-refractivity contribution in [2.75, 3.05) is 0 Å². The fourth-order valence-corrected chi connectivity index (χ4v) is 27.8. The lowest BCUT2D eigenvalue weighted by atomic mass is 9.80. The zero-order valence-electron chi connectivity index (χ0n) is 80.0. The molecule has 22 atom stereocenters. The van der Waals surface area contributed by atoms with Crippen molar-refractivity contribution < 1.29 is 0 Å². The summed E-state index contributed by atoms with van der Waals surface area (Å²) in [6, 6.07) is 118. The molecule has 0 aromatic heterocycles. The molecule has 135 heavy (non-hydrogen) atoms. The summed E-state index contributed by atoms with van der Waals surface area (Å²) in [5.41, 5.74) is 21.3. The fourth-order valence-electron chi connectivity index (χ4n) is 27.8. The van der Waals surface area contributed by atoms with Gasteiger partial charge in [-0.1, -0.05) is 419 Å². The van der Waals surface area contributed by atoms with Gasteiger partial charge in [-0.3, -0.25) is 0 Å². The molecule has 0 heterocycles. The normalized spacial score (nSPS) is 28.5. The van der Waals surface area contributed by atoms with Gasteiger partial charge in [-0.2, -0.15) is 0 Å². The van der Waals surface area contributed by atoms with Crippen LogP contribution in [-0.4, -0.2) is 0 Å². The van der Waals surface area contributed by atoms with Crippen LogP contribution in [0.15, 0.2) is 407 Å². The third kappa shape index (κ3) is 20.9. The molecule has 7 saturated carbocycles. The Balaban J connectivity index is 0.0000000915. The van der Waals surface area contributed by atoms with Crippen LogP contribution < -0.4 is 0 Å². The standard InChI is InChI=1S/C21H22.2C20H20.2C19H20.2C18H18/c1-15-5-2-3-8-21(15)19-7-4-6-16(12-19)13-20-14-17-9-10-18(20)11-17;1-2-6-17(7-3-1)18-8-4-5-15(11-18)13-20-14-16-9-10-19(20)12-16;1-2-4-17(5-3-1)18-9-6-15(7-10-18)12-20-14-16-8-11-19(20)13-16;1-13-2-5-16-6-3-15(10-18(16)8-13)12-19-11-14-4-7-17(19)9-14;1-13-16-8-9-18(12-16)19(13)11-14-6-7-15-4-2-3-5-17(15)10-14;1-2-7-18-14(4-1)5-3-6-16(18)12-17-11-13-8-9-15(17)10-13;1-2-4-16-9-13(5-7-15(16)3-1)11-18-12-14-6-8-17(18)10-14/h2-10,12,17-18,20H,11,13-14H2,1H3;2*1-11,16,19-20H,12-14H2;2-8,10,14,17,19H,9,11-12H2,1H3;2-10,13,16,18-19H,11-12H2,1H3;1-9,13,15,17H,10-12H2;1-9,14,17-18H,10-12H2. The molecule has 0 radical (unpaired) electrons. The maximum atomic E-state index is 2.47. The number of rotatable bonds is 17. The number of hydrogen-bond donors (Lipinski definition) is 0. The van der Waals surface area contributed by atoms with Crippen molar-refractivity contribution in [1.82, 2.24) is 0 Å². The predicted molar refractivity (Wildman–Crippen MR) is 573 cm³/mol. The number of benzene rings is 14. The minimum Gasteiger partial charge on any atom is -0.0851 e. The molecule has 0 amide bonds. The first kappa shape index (κ1) is 88.6. The van der Waals surface area contributed by atoms with E-state index in [1.165, 1.54) is 249 Å². The summed E-state index contributed by atoms with van der Waals surface area (Å²) < 4.78 is 0. The van der Waals surface area contributed by atoms with Crippen LogP contribution in [0.3, 0.4) is 0 Å². The second-order valence-electron chi connectivity index (χ2n) is 44.0. The average Bonchev–Trinajstić information content (AvgIpc) is 1.64. The summed E-state index contributed by atoms with van der Waals surface area (Å²) in [6.45, 7) is 6.81. The first-order chi connectivity index (χ1) is 66.4. The monoisotopic (exact) mass is 1760 g/mol. The van der Waals surface area contributed by atoms with Gasteiger partial charge in [0, 0.05) is 0 Å². The third-order valence-corrected chi connectivity index (χ3v) is 35.0. The van der Waals surface area contributed by atoms with Crippen LogP contribution in [0.5, 0.6) is 0 Å². The Labute approximate surface area is 806 Å². The molecule has 0 aliphatic heterocycles. The molecular formula is C135H138. The highest BCUT2D eigenvalue weighted by Crippen LogP contribution is 2.53. The second-order valence-corrected chi connectivity index (χ2v) is 44.0. The van der Waals surface area contributed by atoms with Crippen LogP contribution >= 0.6 is 0 Å². The Bertz CT molecular complexity index is 6660. The first-order valence-electron chi connectivity index (χ1n) is 52.6.